The molecular weight excluding hydrogens is 479 g/mol. The van der Waals surface area contributed by atoms with Crippen molar-refractivity contribution in [1.29, 1.82) is 0 Å². The lowest BCUT2D eigenvalue weighted by Crippen LogP contribution is -2.40. The predicted octanol–water partition coefficient (Wildman–Crippen LogP) is 3.08. The molecule has 0 bridgehead atoms. The van der Waals surface area contributed by atoms with Crippen LogP contribution >= 0.6 is 24.0 Å². The van der Waals surface area contributed by atoms with Crippen LogP contribution in [0.1, 0.15) is 27.2 Å². The number of anilines is 1. The van der Waals surface area contributed by atoms with E-state index in [1.807, 2.05) is 49.9 Å². The van der Waals surface area contributed by atoms with E-state index in [1.165, 1.54) is 0 Å². The number of guanidine groups is 1. The molecule has 0 aliphatic heterocycles. The van der Waals surface area contributed by atoms with Crippen molar-refractivity contribution in [3.8, 4) is 0 Å². The smallest absolute Gasteiger partial charge is 0.224 e. The molecule has 0 unspecified atom stereocenters. The summed E-state index contributed by atoms with van der Waals surface area (Å²) < 4.78 is 0. The highest BCUT2D eigenvalue weighted by molar-refractivity contribution is 14.0. The van der Waals surface area contributed by atoms with Crippen molar-refractivity contribution < 1.29 is 4.79 Å². The molecule has 2 aromatic rings. The second-order valence-corrected chi connectivity index (χ2v) is 6.32. The normalized spacial score (nSPS) is 10.9. The number of aliphatic imine (C=N–C) groups is 1. The number of para-hydroxylation sites is 1. The van der Waals surface area contributed by atoms with Gasteiger partial charge >= 0.3 is 0 Å². The number of amides is 1. The number of aromatic nitrogens is 1. The molecule has 1 aromatic heterocycles. The fourth-order valence-electron chi connectivity index (χ4n) is 2.88. The first-order valence-corrected chi connectivity index (χ1v) is 10.1. The van der Waals surface area contributed by atoms with Gasteiger partial charge in [-0.1, -0.05) is 18.2 Å². The zero-order valence-corrected chi connectivity index (χ0v) is 19.9. The first-order valence-electron chi connectivity index (χ1n) is 10.1. The molecule has 0 aliphatic rings. The molecular formula is C21H33IN6O. The van der Waals surface area contributed by atoms with Crippen LogP contribution in [0.4, 0.5) is 5.82 Å². The quantitative estimate of drug-likeness (QED) is 0.197. The summed E-state index contributed by atoms with van der Waals surface area (Å²) in [7, 11) is 0. The number of hydrogen-bond acceptors (Lipinski definition) is 4. The van der Waals surface area contributed by atoms with Crippen LogP contribution in [0.25, 0.3) is 10.9 Å². The van der Waals surface area contributed by atoms with Crippen molar-refractivity contribution in [3.05, 3.63) is 36.4 Å². The molecule has 1 heterocycles. The van der Waals surface area contributed by atoms with Gasteiger partial charge in [-0.25, -0.2) is 4.98 Å². The van der Waals surface area contributed by atoms with Crippen LogP contribution in [-0.2, 0) is 4.79 Å². The Morgan fingerprint density at radius 2 is 1.79 bits per heavy atom. The molecule has 7 nitrogen and oxygen atoms in total. The van der Waals surface area contributed by atoms with Gasteiger partial charge in [0, 0.05) is 44.5 Å². The minimum Gasteiger partial charge on any atom is -0.368 e. The Morgan fingerprint density at radius 3 is 2.52 bits per heavy atom. The molecule has 8 heteroatoms. The van der Waals surface area contributed by atoms with E-state index < -0.39 is 0 Å². The number of fused-ring (bicyclic) bond motifs is 1. The van der Waals surface area contributed by atoms with Crippen LogP contribution in [-0.4, -0.2) is 61.0 Å². The highest BCUT2D eigenvalue weighted by Gasteiger charge is 2.08. The maximum atomic E-state index is 12.1. The minimum atomic E-state index is 0. The second kappa shape index (κ2) is 14.0. The highest BCUT2D eigenvalue weighted by Crippen LogP contribution is 2.14. The van der Waals surface area contributed by atoms with Crippen LogP contribution in [0.5, 0.6) is 0 Å². The summed E-state index contributed by atoms with van der Waals surface area (Å²) in [5, 5.41) is 10.9. The van der Waals surface area contributed by atoms with E-state index in [0.717, 1.165) is 42.3 Å². The summed E-state index contributed by atoms with van der Waals surface area (Å²) >= 11 is 0. The average molecular weight is 512 g/mol. The summed E-state index contributed by atoms with van der Waals surface area (Å²) in [6, 6.07) is 12.1. The average Bonchev–Trinajstić information content (AvgIpc) is 2.72. The van der Waals surface area contributed by atoms with Gasteiger partial charge in [0.2, 0.25) is 5.91 Å². The van der Waals surface area contributed by atoms with E-state index >= 15 is 0 Å². The van der Waals surface area contributed by atoms with Crippen LogP contribution in [0, 0.1) is 0 Å². The van der Waals surface area contributed by atoms with Crippen molar-refractivity contribution in [1.82, 2.24) is 20.5 Å². The zero-order chi connectivity index (χ0) is 20.2. The molecule has 160 valence electrons. The number of hydrogen-bond donors (Lipinski definition) is 3. The van der Waals surface area contributed by atoms with Crippen molar-refractivity contribution in [3.63, 3.8) is 0 Å². The third-order valence-electron chi connectivity index (χ3n) is 4.38. The number of rotatable bonds is 10. The Bertz CT molecular complexity index is 779. The number of halogens is 1. The van der Waals surface area contributed by atoms with Crippen molar-refractivity contribution in [2.45, 2.75) is 27.2 Å². The molecule has 0 radical (unpaired) electrons. The Morgan fingerprint density at radius 1 is 1.03 bits per heavy atom. The van der Waals surface area contributed by atoms with Crippen LogP contribution in [0.2, 0.25) is 0 Å². The number of nitrogens with one attached hydrogen (secondary N) is 3. The fourth-order valence-corrected chi connectivity index (χ4v) is 2.88. The molecule has 2 rings (SSSR count). The van der Waals surface area contributed by atoms with E-state index in [0.29, 0.717) is 26.1 Å². The number of carbonyl (C=O) groups excluding carboxylic acids is 1. The van der Waals surface area contributed by atoms with E-state index in [2.05, 4.69) is 38.1 Å². The topological polar surface area (TPSA) is 81.7 Å². The number of benzene rings is 1. The number of nitrogens with zero attached hydrogens (tertiary/aromatic N) is 3. The molecule has 1 aromatic carbocycles. The van der Waals surface area contributed by atoms with E-state index in [9.17, 15) is 4.79 Å². The first-order chi connectivity index (χ1) is 13.7. The van der Waals surface area contributed by atoms with E-state index in [1.54, 1.807) is 0 Å². The van der Waals surface area contributed by atoms with E-state index in [-0.39, 0.29) is 29.9 Å². The summed E-state index contributed by atoms with van der Waals surface area (Å²) in [6.07, 6.45) is 0.428. The molecule has 0 atom stereocenters. The van der Waals surface area contributed by atoms with Gasteiger partial charge in [0.05, 0.1) is 12.1 Å². The fraction of sp³-hybridized carbons (Fsp3) is 0.476. The maximum absolute atomic E-state index is 12.1. The lowest BCUT2D eigenvalue weighted by Gasteiger charge is -2.18. The molecule has 0 aliphatic carbocycles. The van der Waals surface area contributed by atoms with Gasteiger partial charge in [-0.05, 0) is 39.0 Å². The summed E-state index contributed by atoms with van der Waals surface area (Å²) in [5.41, 5.74) is 0.980. The Balaban J connectivity index is 0.00000420. The van der Waals surface area contributed by atoms with Gasteiger partial charge in [0.1, 0.15) is 5.82 Å². The molecule has 29 heavy (non-hydrogen) atoms. The van der Waals surface area contributed by atoms with Crippen molar-refractivity contribution >= 4 is 52.6 Å². The third kappa shape index (κ3) is 8.43. The number of pyridine rings is 1. The van der Waals surface area contributed by atoms with Gasteiger partial charge in [0.15, 0.2) is 5.96 Å². The van der Waals surface area contributed by atoms with Gasteiger partial charge in [-0.2, -0.15) is 0 Å². The largest absolute Gasteiger partial charge is 0.368 e. The Kier molecular flexibility index (Phi) is 12.0. The SMILES string of the molecule is CCNC(=NCCC(=O)N(CC)CC)NCCNc1ccc2ccccc2n1.I. The highest BCUT2D eigenvalue weighted by atomic mass is 127. The maximum Gasteiger partial charge on any atom is 0.224 e. The van der Waals surface area contributed by atoms with Gasteiger partial charge in [-0.3, -0.25) is 9.79 Å². The van der Waals surface area contributed by atoms with Crippen LogP contribution < -0.4 is 16.0 Å². The Hall–Kier alpha value is -2.10. The molecule has 1 amide bonds. The van der Waals surface area contributed by atoms with Crippen molar-refractivity contribution in [2.75, 3.05) is 44.6 Å². The minimum absolute atomic E-state index is 0. The molecule has 0 spiro atoms. The lowest BCUT2D eigenvalue weighted by molar-refractivity contribution is -0.130. The third-order valence-corrected chi connectivity index (χ3v) is 4.38. The summed E-state index contributed by atoms with van der Waals surface area (Å²) in [5.74, 6) is 1.73. The summed E-state index contributed by atoms with van der Waals surface area (Å²) in [6.45, 7) is 10.2. The van der Waals surface area contributed by atoms with Crippen LogP contribution in [0.3, 0.4) is 0 Å². The molecule has 0 saturated heterocycles. The van der Waals surface area contributed by atoms with Gasteiger partial charge < -0.3 is 20.9 Å². The predicted molar refractivity (Wildman–Crippen MR) is 132 cm³/mol. The standard InChI is InChI=1S/C21H32N6O.HI/c1-4-22-21(24-14-13-20(28)27(5-2)6-3)25-16-15-23-19-12-11-17-9-7-8-10-18(17)26-19;/h7-12H,4-6,13-16H2,1-3H3,(H,23,26)(H2,22,24,25);1H. The number of carbonyl (C=O) groups is 1. The van der Waals surface area contributed by atoms with Gasteiger partial charge in [0.25, 0.3) is 0 Å². The van der Waals surface area contributed by atoms with Gasteiger partial charge in [-0.15, -0.1) is 24.0 Å². The molecule has 0 saturated carbocycles. The lowest BCUT2D eigenvalue weighted by atomic mass is 10.2. The van der Waals surface area contributed by atoms with Crippen molar-refractivity contribution in [2.24, 2.45) is 4.99 Å². The monoisotopic (exact) mass is 512 g/mol. The second-order valence-electron chi connectivity index (χ2n) is 6.32. The zero-order valence-electron chi connectivity index (χ0n) is 17.6. The Labute approximate surface area is 190 Å². The summed E-state index contributed by atoms with van der Waals surface area (Å²) in [4.78, 5) is 23.0. The van der Waals surface area contributed by atoms with Crippen LogP contribution in [0.15, 0.2) is 41.4 Å². The first kappa shape index (κ1) is 24.9. The molecule has 3 N–H and O–H groups in total. The molecule has 0 fully saturated rings. The van der Waals surface area contributed by atoms with E-state index in [4.69, 9.17) is 0 Å².